The molecule has 0 aliphatic heterocycles. The van der Waals surface area contributed by atoms with Gasteiger partial charge in [-0.1, -0.05) is 41.9 Å². The fourth-order valence-electron chi connectivity index (χ4n) is 1.91. The second kappa shape index (κ2) is 9.54. The van der Waals surface area contributed by atoms with Gasteiger partial charge in [0.2, 0.25) is 0 Å². The van der Waals surface area contributed by atoms with Crippen LogP contribution in [0, 0.1) is 0 Å². The van der Waals surface area contributed by atoms with Gasteiger partial charge in [0.25, 0.3) is 0 Å². The summed E-state index contributed by atoms with van der Waals surface area (Å²) in [6.45, 7) is 8.04. The van der Waals surface area contributed by atoms with Crippen LogP contribution in [0.5, 0.6) is 0 Å². The monoisotopic (exact) mass is 313 g/mol. The first kappa shape index (κ1) is 15.7. The van der Waals surface area contributed by atoms with Crippen molar-refractivity contribution in [3.8, 4) is 0 Å². The molecule has 1 N–H and O–H groups in total. The predicted molar refractivity (Wildman–Crippen MR) is 81.2 cm³/mol. The van der Waals surface area contributed by atoms with Gasteiger partial charge in [0.1, 0.15) is 0 Å². The Hall–Kier alpha value is -0.380. The van der Waals surface area contributed by atoms with Crippen LogP contribution < -0.4 is 5.32 Å². The molecule has 0 saturated carbocycles. The molecule has 0 amide bonds. The molecule has 1 aromatic rings. The number of likely N-dealkylation sites (N-methyl/N-ethyl adjacent to an activating group) is 1. The topological polar surface area (TPSA) is 21.3 Å². The van der Waals surface area contributed by atoms with Crippen molar-refractivity contribution in [2.75, 3.05) is 26.3 Å². The fourth-order valence-corrected chi connectivity index (χ4v) is 2.18. The third kappa shape index (κ3) is 5.98. The summed E-state index contributed by atoms with van der Waals surface area (Å²) in [4.78, 5) is 0. The summed E-state index contributed by atoms with van der Waals surface area (Å²) in [5.41, 5.74) is 1.39. The third-order valence-corrected chi connectivity index (χ3v) is 3.47. The Kier molecular flexibility index (Phi) is 8.31. The van der Waals surface area contributed by atoms with Crippen molar-refractivity contribution in [3.63, 3.8) is 0 Å². The summed E-state index contributed by atoms with van der Waals surface area (Å²) in [6, 6.07) is 8.63. The lowest BCUT2D eigenvalue weighted by Gasteiger charge is -2.18. The second-order valence-corrected chi connectivity index (χ2v) is 5.37. The molecule has 1 atom stereocenters. The van der Waals surface area contributed by atoms with Crippen LogP contribution in [0.25, 0.3) is 0 Å². The van der Waals surface area contributed by atoms with Gasteiger partial charge in [-0.15, -0.1) is 0 Å². The molecule has 102 valence electrons. The van der Waals surface area contributed by atoms with Gasteiger partial charge in [0.15, 0.2) is 0 Å². The third-order valence-electron chi connectivity index (χ3n) is 2.94. The first-order valence-electron chi connectivity index (χ1n) is 6.81. The van der Waals surface area contributed by atoms with E-state index in [1.54, 1.807) is 0 Å². The summed E-state index contributed by atoms with van der Waals surface area (Å²) >= 11 is 3.48. The zero-order valence-electron chi connectivity index (χ0n) is 11.4. The minimum atomic E-state index is 0.537. The summed E-state index contributed by atoms with van der Waals surface area (Å²) < 4.78 is 6.74. The van der Waals surface area contributed by atoms with E-state index in [0.29, 0.717) is 5.92 Å². The molecule has 0 saturated heterocycles. The average Bonchev–Trinajstić information content (AvgIpc) is 2.39. The van der Waals surface area contributed by atoms with Gasteiger partial charge in [-0.2, -0.15) is 0 Å². The molecule has 1 unspecified atom stereocenters. The summed E-state index contributed by atoms with van der Waals surface area (Å²) in [7, 11) is 0. The molecular weight excluding hydrogens is 290 g/mol. The van der Waals surface area contributed by atoms with Crippen LogP contribution in [0.15, 0.2) is 28.7 Å². The molecular formula is C15H24BrNO. The van der Waals surface area contributed by atoms with E-state index in [1.165, 1.54) is 5.56 Å². The maximum Gasteiger partial charge on any atom is 0.0472 e. The lowest BCUT2D eigenvalue weighted by Crippen LogP contribution is -2.22. The number of hydrogen-bond donors (Lipinski definition) is 1. The summed E-state index contributed by atoms with van der Waals surface area (Å²) in [6.07, 6.45) is 2.17. The molecule has 3 heteroatoms. The molecule has 0 aromatic heterocycles. The quantitative estimate of drug-likeness (QED) is 0.697. The molecule has 0 radical (unpaired) electrons. The maximum absolute atomic E-state index is 5.60. The Morgan fingerprint density at radius 3 is 2.50 bits per heavy atom. The summed E-state index contributed by atoms with van der Waals surface area (Å²) in [5.74, 6) is 0.537. The van der Waals surface area contributed by atoms with E-state index >= 15 is 0 Å². The van der Waals surface area contributed by atoms with Crippen molar-refractivity contribution in [3.05, 3.63) is 34.3 Å². The van der Waals surface area contributed by atoms with E-state index in [1.807, 2.05) is 0 Å². The van der Waals surface area contributed by atoms with E-state index in [4.69, 9.17) is 4.74 Å². The maximum atomic E-state index is 5.60. The number of nitrogens with one attached hydrogen (secondary N) is 1. The number of benzene rings is 1. The molecule has 1 rings (SSSR count). The first-order chi connectivity index (χ1) is 8.77. The molecule has 0 heterocycles. The number of ether oxygens (including phenoxy) is 1. The molecule has 0 spiro atoms. The SMILES string of the molecule is CCCOCCC(CNCC)c1ccc(Br)cc1. The van der Waals surface area contributed by atoms with Gasteiger partial charge >= 0.3 is 0 Å². The highest BCUT2D eigenvalue weighted by Gasteiger charge is 2.10. The van der Waals surface area contributed by atoms with Crippen molar-refractivity contribution >= 4 is 15.9 Å². The normalized spacial score (nSPS) is 12.6. The highest BCUT2D eigenvalue weighted by molar-refractivity contribution is 9.10. The number of rotatable bonds is 9. The van der Waals surface area contributed by atoms with E-state index in [-0.39, 0.29) is 0 Å². The Balaban J connectivity index is 2.51. The van der Waals surface area contributed by atoms with Gasteiger partial charge in [-0.3, -0.25) is 0 Å². The van der Waals surface area contributed by atoms with E-state index in [0.717, 1.165) is 43.6 Å². The van der Waals surface area contributed by atoms with Crippen molar-refractivity contribution in [2.24, 2.45) is 0 Å². The van der Waals surface area contributed by atoms with Crippen LogP contribution in [0.3, 0.4) is 0 Å². The van der Waals surface area contributed by atoms with Gasteiger partial charge in [0, 0.05) is 24.2 Å². The number of hydrogen-bond acceptors (Lipinski definition) is 2. The lowest BCUT2D eigenvalue weighted by atomic mass is 9.96. The standard InChI is InChI=1S/C15H24BrNO/c1-3-10-18-11-9-14(12-17-4-2)13-5-7-15(16)8-6-13/h5-8,14,17H,3-4,9-12H2,1-2H3. The van der Waals surface area contributed by atoms with Gasteiger partial charge in [-0.05, 0) is 43.0 Å². The van der Waals surface area contributed by atoms with Crippen LogP contribution >= 0.6 is 15.9 Å². The van der Waals surface area contributed by atoms with Crippen molar-refractivity contribution in [1.29, 1.82) is 0 Å². The van der Waals surface area contributed by atoms with E-state index in [9.17, 15) is 0 Å². The van der Waals surface area contributed by atoms with E-state index in [2.05, 4.69) is 59.4 Å². The summed E-state index contributed by atoms with van der Waals surface area (Å²) in [5, 5.41) is 3.44. The molecule has 1 aromatic carbocycles. The van der Waals surface area contributed by atoms with Crippen molar-refractivity contribution in [2.45, 2.75) is 32.6 Å². The van der Waals surface area contributed by atoms with Crippen molar-refractivity contribution in [1.82, 2.24) is 5.32 Å². The highest BCUT2D eigenvalue weighted by atomic mass is 79.9. The lowest BCUT2D eigenvalue weighted by molar-refractivity contribution is 0.127. The van der Waals surface area contributed by atoms with Gasteiger partial charge in [-0.25, -0.2) is 0 Å². The Labute approximate surface area is 119 Å². The smallest absolute Gasteiger partial charge is 0.0472 e. The second-order valence-electron chi connectivity index (χ2n) is 4.46. The average molecular weight is 314 g/mol. The Morgan fingerprint density at radius 2 is 1.89 bits per heavy atom. The molecule has 0 aliphatic rings. The predicted octanol–water partition coefficient (Wildman–Crippen LogP) is 3.96. The van der Waals surface area contributed by atoms with Crippen LogP contribution in [-0.4, -0.2) is 26.3 Å². The Morgan fingerprint density at radius 1 is 1.17 bits per heavy atom. The van der Waals surface area contributed by atoms with E-state index < -0.39 is 0 Å². The zero-order chi connectivity index (χ0) is 13.2. The Bertz CT molecular complexity index is 313. The molecule has 0 bridgehead atoms. The zero-order valence-corrected chi connectivity index (χ0v) is 13.0. The molecule has 18 heavy (non-hydrogen) atoms. The van der Waals surface area contributed by atoms with Crippen LogP contribution in [0.2, 0.25) is 0 Å². The molecule has 0 fully saturated rings. The largest absolute Gasteiger partial charge is 0.381 e. The highest BCUT2D eigenvalue weighted by Crippen LogP contribution is 2.21. The minimum Gasteiger partial charge on any atom is -0.381 e. The van der Waals surface area contributed by atoms with Gasteiger partial charge in [0.05, 0.1) is 0 Å². The minimum absolute atomic E-state index is 0.537. The van der Waals surface area contributed by atoms with Crippen LogP contribution in [0.1, 0.15) is 38.2 Å². The molecule has 0 aliphatic carbocycles. The van der Waals surface area contributed by atoms with Crippen molar-refractivity contribution < 1.29 is 4.74 Å². The molecule has 2 nitrogen and oxygen atoms in total. The van der Waals surface area contributed by atoms with Gasteiger partial charge < -0.3 is 10.1 Å². The van der Waals surface area contributed by atoms with Crippen LogP contribution in [0.4, 0.5) is 0 Å². The number of halogens is 1. The first-order valence-corrected chi connectivity index (χ1v) is 7.61. The fraction of sp³-hybridized carbons (Fsp3) is 0.600. The van der Waals surface area contributed by atoms with Crippen LogP contribution in [-0.2, 0) is 4.74 Å².